The summed E-state index contributed by atoms with van der Waals surface area (Å²) >= 11 is 0. The first-order valence-electron chi connectivity index (χ1n) is 10.9. The summed E-state index contributed by atoms with van der Waals surface area (Å²) in [6.45, 7) is 5.88. The molecule has 0 amide bonds. The first-order chi connectivity index (χ1) is 15.2. The Hall–Kier alpha value is -3.19. The van der Waals surface area contributed by atoms with Crippen LogP contribution in [0.15, 0.2) is 47.2 Å². The maximum atomic E-state index is 9.54. The van der Waals surface area contributed by atoms with Gasteiger partial charge in [-0.15, -0.1) is 0 Å². The molecule has 4 aromatic rings. The molecule has 4 heterocycles. The van der Waals surface area contributed by atoms with Gasteiger partial charge in [0.25, 0.3) is 0 Å². The van der Waals surface area contributed by atoms with Crippen LogP contribution in [0.4, 0.5) is 5.82 Å². The number of aliphatic hydroxyl groups is 1. The number of nitrogens with zero attached hydrogens (tertiary/aromatic N) is 5. The molecule has 1 aliphatic rings. The lowest BCUT2D eigenvalue weighted by Gasteiger charge is -2.22. The van der Waals surface area contributed by atoms with Crippen LogP contribution >= 0.6 is 0 Å². The molecule has 160 valence electrons. The first kappa shape index (κ1) is 19.8. The van der Waals surface area contributed by atoms with E-state index in [1.54, 1.807) is 6.26 Å². The lowest BCUT2D eigenvalue weighted by molar-refractivity contribution is 0.282. The number of oxazole rings is 1. The fourth-order valence-electron chi connectivity index (χ4n) is 4.36. The van der Waals surface area contributed by atoms with E-state index >= 15 is 0 Å². The number of fused-ring (bicyclic) bond motifs is 1. The van der Waals surface area contributed by atoms with Gasteiger partial charge in [-0.25, -0.2) is 15.0 Å². The summed E-state index contributed by atoms with van der Waals surface area (Å²) in [6.07, 6.45) is 6.81. The van der Waals surface area contributed by atoms with Crippen molar-refractivity contribution >= 4 is 16.9 Å². The number of aryl methyl sites for hydroxylation is 1. The third kappa shape index (κ3) is 3.70. The average Bonchev–Trinajstić information content (AvgIpc) is 3.52. The summed E-state index contributed by atoms with van der Waals surface area (Å²) in [7, 11) is 0. The van der Waals surface area contributed by atoms with Crippen LogP contribution in [0.25, 0.3) is 22.4 Å². The fourth-order valence-corrected chi connectivity index (χ4v) is 4.36. The molecule has 0 bridgehead atoms. The topological polar surface area (TPSA) is 80.2 Å². The molecule has 1 atom stereocenters. The van der Waals surface area contributed by atoms with Crippen LogP contribution in [-0.2, 0) is 19.6 Å². The quantitative estimate of drug-likeness (QED) is 0.507. The van der Waals surface area contributed by atoms with Crippen molar-refractivity contribution < 1.29 is 9.52 Å². The second kappa shape index (κ2) is 8.15. The molecule has 1 fully saturated rings. The van der Waals surface area contributed by atoms with Gasteiger partial charge < -0.3 is 19.0 Å². The van der Waals surface area contributed by atoms with E-state index in [1.807, 2.05) is 31.3 Å². The van der Waals surface area contributed by atoms with Gasteiger partial charge in [-0.1, -0.05) is 13.0 Å². The Kier molecular flexibility index (Phi) is 5.19. The van der Waals surface area contributed by atoms with Gasteiger partial charge in [0.1, 0.15) is 17.9 Å². The van der Waals surface area contributed by atoms with E-state index in [0.29, 0.717) is 12.6 Å². The van der Waals surface area contributed by atoms with E-state index in [-0.39, 0.29) is 6.61 Å². The minimum absolute atomic E-state index is 0.00838. The normalized spacial score (nSPS) is 16.5. The van der Waals surface area contributed by atoms with Gasteiger partial charge in [-0.3, -0.25) is 0 Å². The van der Waals surface area contributed by atoms with E-state index in [2.05, 4.69) is 33.5 Å². The molecule has 7 nitrogen and oxygen atoms in total. The molecule has 3 aromatic heterocycles. The summed E-state index contributed by atoms with van der Waals surface area (Å²) in [5, 5.41) is 9.54. The number of hydrogen-bond acceptors (Lipinski definition) is 6. The number of aromatic nitrogens is 4. The minimum Gasteiger partial charge on any atom is -0.449 e. The SMILES string of the molecule is CCc1nc(Cn2c(-c3ccc(N4CCCC4C)nc3)nc3cc(CO)ccc32)co1. The van der Waals surface area contributed by atoms with Crippen LogP contribution in [0.5, 0.6) is 0 Å². The molecule has 1 aromatic carbocycles. The maximum Gasteiger partial charge on any atom is 0.193 e. The van der Waals surface area contributed by atoms with Gasteiger partial charge in [0, 0.05) is 30.8 Å². The second-order valence-electron chi connectivity index (χ2n) is 8.18. The van der Waals surface area contributed by atoms with Crippen LogP contribution < -0.4 is 4.90 Å². The predicted molar refractivity (Wildman–Crippen MR) is 120 cm³/mol. The number of imidazole rings is 1. The highest BCUT2D eigenvalue weighted by molar-refractivity contribution is 5.81. The molecule has 1 saturated heterocycles. The average molecular weight is 418 g/mol. The monoisotopic (exact) mass is 417 g/mol. The molecule has 5 rings (SSSR count). The predicted octanol–water partition coefficient (Wildman–Crippen LogP) is 4.18. The Morgan fingerprint density at radius 3 is 2.77 bits per heavy atom. The van der Waals surface area contributed by atoms with Crippen molar-refractivity contribution in [2.45, 2.75) is 52.3 Å². The Morgan fingerprint density at radius 1 is 1.19 bits per heavy atom. The number of hydrogen-bond donors (Lipinski definition) is 1. The van der Waals surface area contributed by atoms with Gasteiger partial charge >= 0.3 is 0 Å². The first-order valence-corrected chi connectivity index (χ1v) is 10.9. The number of benzene rings is 1. The zero-order valence-corrected chi connectivity index (χ0v) is 18.0. The Labute approximate surface area is 181 Å². The lowest BCUT2D eigenvalue weighted by Crippen LogP contribution is -2.26. The second-order valence-corrected chi connectivity index (χ2v) is 8.18. The van der Waals surface area contributed by atoms with E-state index < -0.39 is 0 Å². The number of rotatable bonds is 6. The highest BCUT2D eigenvalue weighted by atomic mass is 16.3. The zero-order chi connectivity index (χ0) is 21.4. The molecule has 7 heteroatoms. The Bertz CT molecular complexity index is 1190. The van der Waals surface area contributed by atoms with Gasteiger partial charge in [0.2, 0.25) is 0 Å². The van der Waals surface area contributed by atoms with Crippen molar-refractivity contribution in [3.63, 3.8) is 0 Å². The van der Waals surface area contributed by atoms with Gasteiger partial charge in [-0.05, 0) is 49.6 Å². The van der Waals surface area contributed by atoms with Crippen LogP contribution in [0.1, 0.15) is 43.8 Å². The van der Waals surface area contributed by atoms with E-state index in [1.165, 1.54) is 12.8 Å². The van der Waals surface area contributed by atoms with Crippen molar-refractivity contribution in [2.24, 2.45) is 0 Å². The number of pyridine rings is 1. The van der Waals surface area contributed by atoms with Gasteiger partial charge in [-0.2, -0.15) is 0 Å². The van der Waals surface area contributed by atoms with Crippen LogP contribution in [0, 0.1) is 0 Å². The molecule has 0 aliphatic carbocycles. The maximum absolute atomic E-state index is 9.54. The molecule has 0 spiro atoms. The highest BCUT2D eigenvalue weighted by Gasteiger charge is 2.22. The fraction of sp³-hybridized carbons (Fsp3) is 0.375. The highest BCUT2D eigenvalue weighted by Crippen LogP contribution is 2.29. The molecule has 31 heavy (non-hydrogen) atoms. The van der Waals surface area contributed by atoms with Crippen LogP contribution in [0.3, 0.4) is 0 Å². The van der Waals surface area contributed by atoms with Gasteiger partial charge in [0.15, 0.2) is 5.89 Å². The molecule has 1 aliphatic heterocycles. The summed E-state index contributed by atoms with van der Waals surface area (Å²) in [5.41, 5.74) is 4.49. The zero-order valence-electron chi connectivity index (χ0n) is 18.0. The third-order valence-corrected chi connectivity index (χ3v) is 6.07. The molecular weight excluding hydrogens is 390 g/mol. The van der Waals surface area contributed by atoms with Crippen LogP contribution in [-0.4, -0.2) is 37.2 Å². The summed E-state index contributed by atoms with van der Waals surface area (Å²) < 4.78 is 7.69. The molecule has 1 unspecified atom stereocenters. The molecule has 1 N–H and O–H groups in total. The summed E-state index contributed by atoms with van der Waals surface area (Å²) in [6, 6.07) is 10.6. The number of anilines is 1. The molecule has 0 radical (unpaired) electrons. The minimum atomic E-state index is -0.00838. The largest absolute Gasteiger partial charge is 0.449 e. The number of aliphatic hydroxyl groups excluding tert-OH is 1. The van der Waals surface area contributed by atoms with Crippen molar-refractivity contribution in [2.75, 3.05) is 11.4 Å². The molecule has 0 saturated carbocycles. The van der Waals surface area contributed by atoms with Crippen molar-refractivity contribution in [3.8, 4) is 11.4 Å². The standard InChI is InChI=1S/C24H27N5O2/c1-3-23-26-19(15-31-23)13-29-21-8-6-17(14-30)11-20(21)27-24(29)18-7-9-22(25-12-18)28-10-4-5-16(28)2/h6-9,11-12,15-16,30H,3-5,10,13-14H2,1-2H3. The van der Waals surface area contributed by atoms with Crippen molar-refractivity contribution in [3.05, 3.63) is 59.9 Å². The van der Waals surface area contributed by atoms with E-state index in [0.717, 1.165) is 58.4 Å². The van der Waals surface area contributed by atoms with Crippen LogP contribution in [0.2, 0.25) is 0 Å². The Morgan fingerprint density at radius 2 is 2.10 bits per heavy atom. The van der Waals surface area contributed by atoms with Crippen molar-refractivity contribution in [1.29, 1.82) is 0 Å². The summed E-state index contributed by atoms with van der Waals surface area (Å²) in [4.78, 5) is 16.6. The van der Waals surface area contributed by atoms with Crippen molar-refractivity contribution in [1.82, 2.24) is 19.5 Å². The van der Waals surface area contributed by atoms with E-state index in [9.17, 15) is 5.11 Å². The Balaban J connectivity index is 1.56. The van der Waals surface area contributed by atoms with E-state index in [4.69, 9.17) is 14.4 Å². The lowest BCUT2D eigenvalue weighted by atomic mass is 10.2. The summed E-state index contributed by atoms with van der Waals surface area (Å²) in [5.74, 6) is 2.58. The third-order valence-electron chi connectivity index (χ3n) is 6.07. The van der Waals surface area contributed by atoms with Gasteiger partial charge in [0.05, 0.1) is 29.9 Å². The molecular formula is C24H27N5O2. The smallest absolute Gasteiger partial charge is 0.193 e.